The lowest BCUT2D eigenvalue weighted by atomic mass is 10.3. The first kappa shape index (κ1) is 15.4. The fourth-order valence-corrected chi connectivity index (χ4v) is 3.44. The molecule has 2 aromatic rings. The van der Waals surface area contributed by atoms with E-state index in [0.29, 0.717) is 0 Å². The highest BCUT2D eigenvalue weighted by molar-refractivity contribution is 7.93. The van der Waals surface area contributed by atoms with E-state index in [1.54, 1.807) is 0 Å². The third-order valence-electron chi connectivity index (χ3n) is 2.55. The number of sulfone groups is 1. The van der Waals surface area contributed by atoms with Crippen LogP contribution < -0.4 is 4.72 Å². The Balaban J connectivity index is 2.50. The van der Waals surface area contributed by atoms with Gasteiger partial charge in [0.05, 0.1) is 10.6 Å². The van der Waals surface area contributed by atoms with Crippen LogP contribution in [-0.4, -0.2) is 28.1 Å². The van der Waals surface area contributed by atoms with Gasteiger partial charge in [-0.05, 0) is 30.3 Å². The van der Waals surface area contributed by atoms with Gasteiger partial charge >= 0.3 is 0 Å². The largest absolute Gasteiger partial charge is 0.279 e. The zero-order chi connectivity index (χ0) is 15.7. The van der Waals surface area contributed by atoms with Gasteiger partial charge in [0.15, 0.2) is 9.84 Å². The van der Waals surface area contributed by atoms with E-state index in [2.05, 4.69) is 9.71 Å². The lowest BCUT2D eigenvalue weighted by Crippen LogP contribution is -2.15. The summed E-state index contributed by atoms with van der Waals surface area (Å²) in [6, 6.07) is 5.37. The highest BCUT2D eigenvalue weighted by Gasteiger charge is 2.22. The lowest BCUT2D eigenvalue weighted by molar-refractivity contribution is 0.567. The van der Waals surface area contributed by atoms with Gasteiger partial charge in [-0.2, -0.15) is 0 Å². The molecule has 0 aliphatic heterocycles. The topological polar surface area (TPSA) is 93.2 Å². The van der Waals surface area contributed by atoms with Crippen LogP contribution in [0.1, 0.15) is 0 Å². The van der Waals surface area contributed by atoms with Crippen molar-refractivity contribution in [1.82, 2.24) is 4.98 Å². The minimum Gasteiger partial charge on any atom is -0.279 e. The Bertz CT molecular complexity index is 865. The molecular weight excluding hydrogens is 319 g/mol. The number of anilines is 1. The predicted octanol–water partition coefficient (Wildman–Crippen LogP) is 1.43. The molecule has 0 radical (unpaired) electrons. The second-order valence-electron chi connectivity index (χ2n) is 4.21. The van der Waals surface area contributed by atoms with E-state index in [1.807, 2.05) is 0 Å². The zero-order valence-electron chi connectivity index (χ0n) is 10.8. The Labute approximate surface area is 121 Å². The van der Waals surface area contributed by atoms with Crippen LogP contribution in [0.25, 0.3) is 0 Å². The first-order valence-electron chi connectivity index (χ1n) is 5.62. The average molecular weight is 330 g/mol. The first-order chi connectivity index (χ1) is 9.70. The first-order valence-corrected chi connectivity index (χ1v) is 9.00. The smallest absolute Gasteiger partial charge is 0.264 e. The summed E-state index contributed by atoms with van der Waals surface area (Å²) in [4.78, 5) is 2.71. The van der Waals surface area contributed by atoms with Crippen LogP contribution >= 0.6 is 0 Å². The Hall–Kier alpha value is -2.00. The Morgan fingerprint density at radius 1 is 1.05 bits per heavy atom. The fraction of sp³-hybridized carbons (Fsp3) is 0.0833. The second kappa shape index (κ2) is 5.41. The van der Waals surface area contributed by atoms with Crippen LogP contribution in [-0.2, 0) is 19.9 Å². The maximum Gasteiger partial charge on any atom is 0.264 e. The van der Waals surface area contributed by atoms with Gasteiger partial charge in [0.1, 0.15) is 10.7 Å². The standard InChI is InChI=1S/C12H11FN2O4S2/c1-20(16,17)10-2-3-11(13)12(8-10)21(18,19)15-9-4-6-14-7-5-9/h2-8H,1H3,(H,14,15). The van der Waals surface area contributed by atoms with Crippen molar-refractivity contribution in [2.75, 3.05) is 11.0 Å². The summed E-state index contributed by atoms with van der Waals surface area (Å²) in [5, 5.41) is 0. The Morgan fingerprint density at radius 2 is 1.67 bits per heavy atom. The summed E-state index contributed by atoms with van der Waals surface area (Å²) in [6.45, 7) is 0. The molecule has 0 fully saturated rings. The van der Waals surface area contributed by atoms with Crippen LogP contribution in [0.5, 0.6) is 0 Å². The molecule has 6 nitrogen and oxygen atoms in total. The zero-order valence-corrected chi connectivity index (χ0v) is 12.4. The van der Waals surface area contributed by atoms with E-state index in [9.17, 15) is 21.2 Å². The van der Waals surface area contributed by atoms with Gasteiger partial charge in [-0.1, -0.05) is 0 Å². The predicted molar refractivity (Wildman–Crippen MR) is 74.6 cm³/mol. The molecule has 21 heavy (non-hydrogen) atoms. The minimum atomic E-state index is -4.24. The van der Waals surface area contributed by atoms with Gasteiger partial charge in [-0.15, -0.1) is 0 Å². The maximum absolute atomic E-state index is 13.7. The van der Waals surface area contributed by atoms with Crippen molar-refractivity contribution >= 4 is 25.5 Å². The van der Waals surface area contributed by atoms with Crippen molar-refractivity contribution in [1.29, 1.82) is 0 Å². The number of nitrogens with zero attached hydrogens (tertiary/aromatic N) is 1. The van der Waals surface area contributed by atoms with Gasteiger partial charge in [0.25, 0.3) is 10.0 Å². The summed E-state index contributed by atoms with van der Waals surface area (Å²) in [5.74, 6) is -1.04. The molecule has 0 bridgehead atoms. The van der Waals surface area contributed by atoms with Crippen molar-refractivity contribution < 1.29 is 21.2 Å². The molecule has 1 aromatic heterocycles. The van der Waals surface area contributed by atoms with E-state index >= 15 is 0 Å². The molecule has 1 aromatic carbocycles. The van der Waals surface area contributed by atoms with Crippen LogP contribution in [0.15, 0.2) is 52.5 Å². The molecule has 0 aliphatic rings. The molecule has 1 heterocycles. The van der Waals surface area contributed by atoms with Crippen molar-refractivity contribution in [2.24, 2.45) is 0 Å². The molecule has 0 amide bonds. The average Bonchev–Trinajstić information content (AvgIpc) is 2.38. The van der Waals surface area contributed by atoms with Gasteiger partial charge < -0.3 is 0 Å². The molecule has 2 rings (SSSR count). The van der Waals surface area contributed by atoms with E-state index < -0.39 is 30.6 Å². The molecule has 112 valence electrons. The fourth-order valence-electron chi connectivity index (χ4n) is 1.55. The molecule has 0 atom stereocenters. The Kier molecular flexibility index (Phi) is 3.97. The number of halogens is 1. The van der Waals surface area contributed by atoms with E-state index in [4.69, 9.17) is 0 Å². The van der Waals surface area contributed by atoms with E-state index in [-0.39, 0.29) is 10.6 Å². The number of pyridine rings is 1. The van der Waals surface area contributed by atoms with Crippen LogP contribution in [0.2, 0.25) is 0 Å². The third-order valence-corrected chi connectivity index (χ3v) is 5.06. The van der Waals surface area contributed by atoms with Crippen LogP contribution in [0, 0.1) is 5.82 Å². The van der Waals surface area contributed by atoms with E-state index in [1.165, 1.54) is 24.5 Å². The monoisotopic (exact) mass is 330 g/mol. The molecular formula is C12H11FN2O4S2. The summed E-state index contributed by atoms with van der Waals surface area (Å²) in [6.07, 6.45) is 3.63. The van der Waals surface area contributed by atoms with Crippen molar-refractivity contribution in [2.45, 2.75) is 9.79 Å². The number of aromatic nitrogens is 1. The SMILES string of the molecule is CS(=O)(=O)c1ccc(F)c(S(=O)(=O)Nc2ccncc2)c1. The quantitative estimate of drug-likeness (QED) is 0.856. The third kappa shape index (κ3) is 3.56. The minimum absolute atomic E-state index is 0.189. The van der Waals surface area contributed by atoms with Crippen LogP contribution in [0.3, 0.4) is 0 Å². The number of hydrogen-bond donors (Lipinski definition) is 1. The van der Waals surface area contributed by atoms with Gasteiger partial charge in [-0.3, -0.25) is 9.71 Å². The molecule has 1 N–H and O–H groups in total. The molecule has 0 saturated heterocycles. The molecule has 9 heteroatoms. The summed E-state index contributed by atoms with van der Waals surface area (Å²) in [7, 11) is -7.89. The summed E-state index contributed by atoms with van der Waals surface area (Å²) < 4.78 is 63.0. The van der Waals surface area contributed by atoms with Crippen molar-refractivity contribution in [3.8, 4) is 0 Å². The number of sulfonamides is 1. The van der Waals surface area contributed by atoms with Gasteiger partial charge in [-0.25, -0.2) is 21.2 Å². The van der Waals surface area contributed by atoms with Crippen molar-refractivity contribution in [3.05, 3.63) is 48.5 Å². The molecule has 0 unspecified atom stereocenters. The number of rotatable bonds is 4. The Morgan fingerprint density at radius 3 is 2.24 bits per heavy atom. The molecule has 0 aliphatic carbocycles. The number of hydrogen-bond acceptors (Lipinski definition) is 5. The van der Waals surface area contributed by atoms with Crippen molar-refractivity contribution in [3.63, 3.8) is 0 Å². The highest BCUT2D eigenvalue weighted by Crippen LogP contribution is 2.22. The highest BCUT2D eigenvalue weighted by atomic mass is 32.2. The number of nitrogens with one attached hydrogen (secondary N) is 1. The maximum atomic E-state index is 13.7. The van der Waals surface area contributed by atoms with Crippen LogP contribution in [0.4, 0.5) is 10.1 Å². The second-order valence-corrected chi connectivity index (χ2v) is 7.87. The molecule has 0 spiro atoms. The normalized spacial score (nSPS) is 12.1. The number of benzene rings is 1. The van der Waals surface area contributed by atoms with Gasteiger partial charge in [0.2, 0.25) is 0 Å². The lowest BCUT2D eigenvalue weighted by Gasteiger charge is -2.09. The molecule has 0 saturated carbocycles. The van der Waals surface area contributed by atoms with Gasteiger partial charge in [0, 0.05) is 18.6 Å². The summed E-state index contributed by atoms with van der Waals surface area (Å²) >= 11 is 0. The van der Waals surface area contributed by atoms with E-state index in [0.717, 1.165) is 24.5 Å². The summed E-state index contributed by atoms with van der Waals surface area (Å²) in [5.41, 5.74) is 0.189.